The van der Waals surface area contributed by atoms with Gasteiger partial charge in [0.2, 0.25) is 21.8 Å². The van der Waals surface area contributed by atoms with Gasteiger partial charge in [-0.25, -0.2) is 30.6 Å². The Morgan fingerprint density at radius 2 is 1.56 bits per heavy atom. The summed E-state index contributed by atoms with van der Waals surface area (Å²) in [5.74, 6) is -11.8. The molecule has 77 heavy (non-hydrogen) atoms. The topological polar surface area (TPSA) is 224 Å². The highest BCUT2D eigenvalue weighted by Crippen LogP contribution is 2.60. The van der Waals surface area contributed by atoms with Gasteiger partial charge in [0.05, 0.1) is 45.8 Å². The molecule has 2 aromatic carbocycles. The smallest absolute Gasteiger partial charge is 0.435 e. The highest BCUT2D eigenvalue weighted by atomic mass is 35.5. The molecule has 17 nitrogen and oxygen atoms in total. The number of carboxylic acid groups (broad SMARTS) is 1. The van der Waals surface area contributed by atoms with Crippen LogP contribution in [0.4, 0.5) is 49.7 Å². The van der Waals surface area contributed by atoms with Gasteiger partial charge in [-0.3, -0.25) is 28.5 Å². The number of rotatable bonds is 14. The van der Waals surface area contributed by atoms with Crippen LogP contribution in [0.2, 0.25) is 5.02 Å². The first-order valence-electron chi connectivity index (χ1n) is 22.5. The number of allylic oxidation sites excluding steroid dienone is 2. The quantitative estimate of drug-likeness (QED) is 0.0514. The molecule has 2 aliphatic carbocycles. The number of benzene rings is 2. The fourth-order valence-corrected chi connectivity index (χ4v) is 10.3. The summed E-state index contributed by atoms with van der Waals surface area (Å²) in [7, 11) is -8.92. The molecule has 0 spiro atoms. The van der Waals surface area contributed by atoms with E-state index in [4.69, 9.17) is 11.6 Å². The lowest BCUT2D eigenvalue weighted by Gasteiger charge is -2.36. The van der Waals surface area contributed by atoms with Crippen LogP contribution >= 0.6 is 11.6 Å². The number of alkyl halides is 8. The minimum atomic E-state index is -5.29. The van der Waals surface area contributed by atoms with Crippen molar-refractivity contribution in [3.63, 3.8) is 0 Å². The van der Waals surface area contributed by atoms with Crippen molar-refractivity contribution in [1.82, 2.24) is 34.8 Å². The summed E-state index contributed by atoms with van der Waals surface area (Å²) in [4.78, 5) is 58.0. The van der Waals surface area contributed by atoms with Gasteiger partial charge in [-0.15, -0.1) is 0 Å². The monoisotopic (exact) mass is 1150 g/mol. The van der Waals surface area contributed by atoms with E-state index in [2.05, 4.69) is 32.3 Å². The molecule has 1 aliphatic heterocycles. The van der Waals surface area contributed by atoms with E-state index in [1.807, 2.05) is 0 Å². The van der Waals surface area contributed by atoms with Crippen LogP contribution in [0, 0.1) is 35.3 Å². The number of pyridine rings is 1. The fraction of sp³-hybridized carbons (Fsp3) is 0.383. The number of hydrogen-bond donors (Lipinski definition) is 2. The molecule has 4 heterocycles. The number of halogens is 11. The van der Waals surface area contributed by atoms with Crippen molar-refractivity contribution in [3.8, 4) is 23.0 Å². The maximum Gasteiger partial charge on any atom is 0.435 e. The normalized spacial score (nSPS) is 17.7. The maximum atomic E-state index is 15.8. The standard InChI is InChI=1S/C47H39ClF10N8O9S2/c1-44(2,76(3,72)73)12-11-26-5-6-27(28-8-10-31(48)37-39(28)65(21-45(51,52)53)62-42(37)66(77(4,74)75)35(69)17-34(68)63-18-23(19-63)43(70)71)38(59-26)32(15-22-13-24(49)16-25(50)14-22)60-33(67)20-64-41-36(40(61-64)47(56,57)58)29-7-9-30(29)46(41,54)55/h5-10,13-14,16,23,29-30,32H,15,17-21H2,1-4H3,(H,60,67)(H,70,71)/t29-,30+,32-/m0/s1. The van der Waals surface area contributed by atoms with Gasteiger partial charge in [-0.05, 0) is 62.1 Å². The molecule has 30 heteroatoms. The number of carbonyl (C=O) groups is 4. The number of sulfonamides is 1. The van der Waals surface area contributed by atoms with Crippen molar-refractivity contribution in [3.05, 3.63) is 105 Å². The summed E-state index contributed by atoms with van der Waals surface area (Å²) in [5.41, 5.74) is -6.50. The number of aromatic nitrogens is 5. The third-order valence-electron chi connectivity index (χ3n) is 13.0. The third kappa shape index (κ3) is 11.0. The number of nitrogens with zero attached hydrogens (tertiary/aromatic N) is 7. The summed E-state index contributed by atoms with van der Waals surface area (Å²) in [6.07, 6.45) is -9.11. The number of hydrogen-bond acceptors (Lipinski definition) is 11. The van der Waals surface area contributed by atoms with Gasteiger partial charge in [0, 0.05) is 48.0 Å². The molecule has 0 unspecified atom stereocenters. The molecule has 3 atom stereocenters. The van der Waals surface area contributed by atoms with Crippen LogP contribution in [0.15, 0.2) is 54.6 Å². The Kier molecular flexibility index (Phi) is 14.2. The third-order valence-corrected chi connectivity index (χ3v) is 16.3. The minimum absolute atomic E-state index is 0.0889. The van der Waals surface area contributed by atoms with Crippen LogP contribution in [0.5, 0.6) is 0 Å². The van der Waals surface area contributed by atoms with E-state index < -0.39 is 178 Å². The van der Waals surface area contributed by atoms with Gasteiger partial charge in [-0.2, -0.15) is 49.6 Å². The number of nitrogens with one attached hydrogen (secondary N) is 1. The van der Waals surface area contributed by atoms with Gasteiger partial charge < -0.3 is 15.3 Å². The van der Waals surface area contributed by atoms with Gasteiger partial charge in [0.15, 0.2) is 21.3 Å². The molecule has 5 aromatic rings. The summed E-state index contributed by atoms with van der Waals surface area (Å²) >= 11 is 6.64. The summed E-state index contributed by atoms with van der Waals surface area (Å²) < 4.78 is 199. The van der Waals surface area contributed by atoms with Crippen molar-refractivity contribution in [2.75, 3.05) is 29.9 Å². The summed E-state index contributed by atoms with van der Waals surface area (Å²) in [6, 6.07) is 4.42. The Balaban J connectivity index is 1.33. The summed E-state index contributed by atoms with van der Waals surface area (Å²) in [6.45, 7) is -1.71. The molecule has 0 saturated carbocycles. The molecule has 2 N–H and O–H groups in total. The number of likely N-dealkylation sites (tertiary alicyclic amines) is 1. The number of fused-ring (bicyclic) bond motifs is 4. The number of carboxylic acids is 1. The maximum absolute atomic E-state index is 15.8. The summed E-state index contributed by atoms with van der Waals surface area (Å²) in [5, 5.41) is 17.7. The van der Waals surface area contributed by atoms with Crippen LogP contribution in [0.3, 0.4) is 0 Å². The molecule has 1 fully saturated rings. The van der Waals surface area contributed by atoms with Crippen LogP contribution < -0.4 is 9.62 Å². The Bertz CT molecular complexity index is 3640. The first-order valence-corrected chi connectivity index (χ1v) is 26.6. The highest BCUT2D eigenvalue weighted by molar-refractivity contribution is 7.93. The molecule has 3 aliphatic rings. The molecule has 0 bridgehead atoms. The van der Waals surface area contributed by atoms with E-state index in [9.17, 15) is 76.2 Å². The fourth-order valence-electron chi connectivity index (χ4n) is 9.00. The Morgan fingerprint density at radius 3 is 2.12 bits per heavy atom. The predicted octanol–water partition coefficient (Wildman–Crippen LogP) is 6.68. The Labute approximate surface area is 434 Å². The molecular formula is C47H39ClF10N8O9S2. The zero-order valence-electron chi connectivity index (χ0n) is 40.1. The molecule has 3 aromatic heterocycles. The first kappa shape index (κ1) is 56.2. The van der Waals surface area contributed by atoms with E-state index >= 15 is 8.78 Å². The largest absolute Gasteiger partial charge is 0.481 e. The molecular weight excluding hydrogens is 1110 g/mol. The SMILES string of the molecule is CC(C)(C#Cc1ccc(-c2ccc(Cl)c3c(N(C(=O)CC(=O)N4CC(C(=O)O)C4)S(C)(=O)=O)nn(CC(F)(F)F)c23)c([C@H](Cc2cc(F)cc(F)c2)NC(=O)Cn2nc(C(F)(F)F)c3c2C(F)(F)[C@@H]2C=C[C@H]32)n1)S(C)(=O)=O. The lowest BCUT2D eigenvalue weighted by Crippen LogP contribution is -2.54. The van der Waals surface area contributed by atoms with Crippen LogP contribution in [-0.2, 0) is 70.6 Å². The number of aliphatic carboxylic acids is 1. The van der Waals surface area contributed by atoms with Crippen LogP contribution in [0.25, 0.3) is 22.0 Å². The van der Waals surface area contributed by atoms with E-state index in [0.717, 1.165) is 59.7 Å². The van der Waals surface area contributed by atoms with Gasteiger partial charge in [0.1, 0.15) is 47.3 Å². The van der Waals surface area contributed by atoms with Crippen LogP contribution in [-0.4, -0.2) is 112 Å². The average Bonchev–Trinajstić information content (AvgIpc) is 3.83. The van der Waals surface area contributed by atoms with Crippen molar-refractivity contribution >= 4 is 71.9 Å². The Morgan fingerprint density at radius 1 is 0.922 bits per heavy atom. The molecule has 1 saturated heterocycles. The molecule has 3 amide bonds. The van der Waals surface area contributed by atoms with Crippen molar-refractivity contribution in [2.45, 2.75) is 74.8 Å². The van der Waals surface area contributed by atoms with Crippen molar-refractivity contribution in [2.24, 2.45) is 11.8 Å². The second-order valence-electron chi connectivity index (χ2n) is 18.9. The van der Waals surface area contributed by atoms with Gasteiger partial charge >= 0.3 is 18.3 Å². The zero-order chi connectivity index (χ0) is 56.9. The average molecular weight is 1150 g/mol. The van der Waals surface area contributed by atoms with Crippen LogP contribution in [0.1, 0.15) is 66.1 Å². The Hall–Kier alpha value is -7.06. The van der Waals surface area contributed by atoms with E-state index in [1.54, 1.807) is 0 Å². The number of amides is 3. The van der Waals surface area contributed by atoms with E-state index in [-0.39, 0.29) is 43.6 Å². The van der Waals surface area contributed by atoms with Crippen molar-refractivity contribution < 1.29 is 85.0 Å². The second kappa shape index (κ2) is 19.4. The zero-order valence-corrected chi connectivity index (χ0v) is 42.5. The number of carbonyl (C=O) groups excluding carboxylic acids is 3. The van der Waals surface area contributed by atoms with Crippen molar-refractivity contribution in [1.29, 1.82) is 0 Å². The predicted molar refractivity (Wildman–Crippen MR) is 252 cm³/mol. The second-order valence-corrected chi connectivity index (χ2v) is 23.7. The number of anilines is 1. The first-order chi connectivity index (χ1) is 35.5. The lowest BCUT2D eigenvalue weighted by atomic mass is 9.81. The molecule has 410 valence electrons. The van der Waals surface area contributed by atoms with Gasteiger partial charge in [-0.1, -0.05) is 35.7 Å². The molecule has 0 radical (unpaired) electrons. The molecule has 8 rings (SSSR count). The van der Waals surface area contributed by atoms with Gasteiger partial charge in [0.25, 0.3) is 11.8 Å². The highest BCUT2D eigenvalue weighted by Gasteiger charge is 2.61. The number of sulfone groups is 1. The van der Waals surface area contributed by atoms with E-state index in [0.29, 0.717) is 12.3 Å². The minimum Gasteiger partial charge on any atom is -0.481 e. The van der Waals surface area contributed by atoms with E-state index in [1.165, 1.54) is 13.8 Å². The lowest BCUT2D eigenvalue weighted by molar-refractivity contribution is -0.153.